The fourth-order valence-corrected chi connectivity index (χ4v) is 3.28. The van der Waals surface area contributed by atoms with Gasteiger partial charge < -0.3 is 25.2 Å². The van der Waals surface area contributed by atoms with Crippen LogP contribution < -0.4 is 4.74 Å². The Morgan fingerprint density at radius 2 is 1.52 bits per heavy atom. The number of aliphatic hydroxyl groups is 1. The van der Waals surface area contributed by atoms with Crippen LogP contribution in [0.5, 0.6) is 23.0 Å². The molecule has 8 heteroatoms. The van der Waals surface area contributed by atoms with Gasteiger partial charge in [0.25, 0.3) is 0 Å². The third-order valence-corrected chi connectivity index (χ3v) is 4.74. The molecule has 3 aromatic carbocycles. The molecule has 1 aliphatic rings. The molecule has 3 aromatic rings. The summed E-state index contributed by atoms with van der Waals surface area (Å²) in [5.74, 6) is -3.82. The summed E-state index contributed by atoms with van der Waals surface area (Å²) in [5.41, 5.74) is -0.446. The first-order valence-electron chi connectivity index (χ1n) is 8.52. The first-order chi connectivity index (χ1) is 13.8. The maximum atomic E-state index is 12.9. The lowest BCUT2D eigenvalue weighted by Crippen LogP contribution is -2.21. The molecule has 1 aliphatic carbocycles. The largest absolute Gasteiger partial charge is 0.504 e. The Bertz CT molecular complexity index is 1230. The number of carbonyl (C=O) groups excluding carboxylic acids is 3. The highest BCUT2D eigenvalue weighted by Gasteiger charge is 2.34. The number of fused-ring (bicyclic) bond motifs is 3. The predicted octanol–water partition coefficient (Wildman–Crippen LogP) is 1.67. The Kier molecular flexibility index (Phi) is 4.20. The molecule has 4 N–H and O–H groups in total. The Hall–Kier alpha value is -3.91. The number of phenols is 3. The van der Waals surface area contributed by atoms with E-state index in [1.165, 1.54) is 12.1 Å². The molecule has 0 atom stereocenters. The van der Waals surface area contributed by atoms with Gasteiger partial charge in [-0.25, -0.2) is 0 Å². The third kappa shape index (κ3) is 2.86. The number of Topliss-reactive ketones (excluding diaryl/α,β-unsaturated/α-hetero) is 1. The first kappa shape index (κ1) is 18.5. The zero-order chi connectivity index (χ0) is 20.9. The summed E-state index contributed by atoms with van der Waals surface area (Å²) in [6, 6.07) is 8.70. The van der Waals surface area contributed by atoms with Gasteiger partial charge in [0.2, 0.25) is 5.75 Å². The van der Waals surface area contributed by atoms with Crippen molar-refractivity contribution in [2.45, 2.75) is 0 Å². The topological polar surface area (TPSA) is 141 Å². The van der Waals surface area contributed by atoms with E-state index in [1.54, 1.807) is 18.2 Å². The van der Waals surface area contributed by atoms with E-state index in [4.69, 9.17) is 9.84 Å². The van der Waals surface area contributed by atoms with Crippen LogP contribution in [0.4, 0.5) is 0 Å². The fraction of sp³-hybridized carbons (Fsp3) is 0.0952. The molecule has 4 rings (SSSR count). The van der Waals surface area contributed by atoms with Crippen LogP contribution in [-0.4, -0.2) is 51.0 Å². The molecule has 0 unspecified atom stereocenters. The third-order valence-electron chi connectivity index (χ3n) is 4.74. The summed E-state index contributed by atoms with van der Waals surface area (Å²) in [6.45, 7) is -0.938. The number of hydrogen-bond donors (Lipinski definition) is 4. The van der Waals surface area contributed by atoms with Crippen LogP contribution in [0.3, 0.4) is 0 Å². The highest BCUT2D eigenvalue weighted by molar-refractivity contribution is 6.30. The van der Waals surface area contributed by atoms with E-state index >= 15 is 0 Å². The number of benzene rings is 3. The van der Waals surface area contributed by atoms with E-state index in [0.717, 1.165) is 6.07 Å². The number of ether oxygens (including phenoxy) is 1. The molecular formula is C21H14O8. The second-order valence-corrected chi connectivity index (χ2v) is 6.57. The van der Waals surface area contributed by atoms with Crippen molar-refractivity contribution in [3.05, 3.63) is 58.7 Å². The van der Waals surface area contributed by atoms with Crippen molar-refractivity contribution in [1.29, 1.82) is 0 Å². The van der Waals surface area contributed by atoms with Crippen LogP contribution in [0.25, 0.3) is 10.8 Å². The smallest absolute Gasteiger partial charge is 0.201 e. The molecule has 8 nitrogen and oxygen atoms in total. The van der Waals surface area contributed by atoms with Crippen LogP contribution >= 0.6 is 0 Å². The molecule has 0 radical (unpaired) electrons. The monoisotopic (exact) mass is 394 g/mol. The summed E-state index contributed by atoms with van der Waals surface area (Å²) < 4.78 is 5.30. The molecule has 0 fully saturated rings. The fourth-order valence-electron chi connectivity index (χ4n) is 3.28. The lowest BCUT2D eigenvalue weighted by Gasteiger charge is -2.20. The number of carbonyl (C=O) groups is 3. The van der Waals surface area contributed by atoms with E-state index in [1.807, 2.05) is 0 Å². The summed E-state index contributed by atoms with van der Waals surface area (Å²) >= 11 is 0. The Labute approximate surface area is 163 Å². The van der Waals surface area contributed by atoms with Crippen molar-refractivity contribution in [2.24, 2.45) is 0 Å². The van der Waals surface area contributed by atoms with E-state index in [-0.39, 0.29) is 28.9 Å². The van der Waals surface area contributed by atoms with Crippen LogP contribution in [0, 0.1) is 0 Å². The highest BCUT2D eigenvalue weighted by atomic mass is 16.5. The Balaban J connectivity index is 1.83. The quantitative estimate of drug-likeness (QED) is 0.383. The van der Waals surface area contributed by atoms with Crippen LogP contribution in [0.2, 0.25) is 0 Å². The molecule has 0 aliphatic heterocycles. The molecule has 0 aromatic heterocycles. The number of rotatable bonds is 4. The molecular weight excluding hydrogens is 380 g/mol. The lowest BCUT2D eigenvalue weighted by atomic mass is 9.82. The predicted molar refractivity (Wildman–Crippen MR) is 99.8 cm³/mol. The molecule has 29 heavy (non-hydrogen) atoms. The van der Waals surface area contributed by atoms with Crippen molar-refractivity contribution in [3.63, 3.8) is 0 Å². The standard InChI is InChI=1S/C21H14O8/c22-7-11(23)8-29-12-2-1-9-4-14-13(5-10(9)3-12)18(25)15-6-16(24)20(27)21(28)17(15)19(14)26/h1-6,22,24,27-28H,7-8H2. The van der Waals surface area contributed by atoms with Crippen molar-refractivity contribution < 1.29 is 39.5 Å². The Morgan fingerprint density at radius 1 is 0.828 bits per heavy atom. The van der Waals surface area contributed by atoms with Gasteiger partial charge in [0, 0.05) is 16.7 Å². The van der Waals surface area contributed by atoms with E-state index in [0.29, 0.717) is 16.5 Å². The van der Waals surface area contributed by atoms with Gasteiger partial charge in [-0.15, -0.1) is 0 Å². The maximum absolute atomic E-state index is 12.9. The second-order valence-electron chi connectivity index (χ2n) is 6.57. The van der Waals surface area contributed by atoms with Gasteiger partial charge in [0.15, 0.2) is 28.8 Å². The molecule has 0 saturated heterocycles. The van der Waals surface area contributed by atoms with Gasteiger partial charge >= 0.3 is 0 Å². The van der Waals surface area contributed by atoms with Crippen LogP contribution in [-0.2, 0) is 4.79 Å². The molecule has 0 bridgehead atoms. The lowest BCUT2D eigenvalue weighted by molar-refractivity contribution is -0.123. The van der Waals surface area contributed by atoms with Crippen molar-refractivity contribution in [2.75, 3.05) is 13.2 Å². The van der Waals surface area contributed by atoms with Crippen LogP contribution in [0.15, 0.2) is 36.4 Å². The average Bonchev–Trinajstić information content (AvgIpc) is 2.72. The van der Waals surface area contributed by atoms with Gasteiger partial charge in [-0.05, 0) is 41.1 Å². The first-order valence-corrected chi connectivity index (χ1v) is 8.52. The van der Waals surface area contributed by atoms with E-state index in [2.05, 4.69) is 0 Å². The SMILES string of the molecule is O=C(CO)COc1ccc2cc3c(cc2c1)C(=O)c1cc(O)c(O)c(O)c1C3=O. The second kappa shape index (κ2) is 6.61. The van der Waals surface area contributed by atoms with Gasteiger partial charge in [-0.1, -0.05) is 6.07 Å². The van der Waals surface area contributed by atoms with Gasteiger partial charge in [0.05, 0.1) is 5.56 Å². The minimum absolute atomic E-state index is 0.0551. The van der Waals surface area contributed by atoms with Crippen molar-refractivity contribution in [3.8, 4) is 23.0 Å². The zero-order valence-electron chi connectivity index (χ0n) is 14.8. The summed E-state index contributed by atoms with van der Waals surface area (Å²) in [6.07, 6.45) is 0. The number of ketones is 3. The summed E-state index contributed by atoms with van der Waals surface area (Å²) in [4.78, 5) is 37.0. The minimum atomic E-state index is -0.867. The Morgan fingerprint density at radius 3 is 2.24 bits per heavy atom. The highest BCUT2D eigenvalue weighted by Crippen LogP contribution is 2.44. The maximum Gasteiger partial charge on any atom is 0.201 e. The number of aromatic hydroxyl groups is 3. The van der Waals surface area contributed by atoms with Gasteiger partial charge in [-0.3, -0.25) is 14.4 Å². The zero-order valence-corrected chi connectivity index (χ0v) is 14.8. The molecule has 0 spiro atoms. The number of aliphatic hydroxyl groups excluding tert-OH is 1. The van der Waals surface area contributed by atoms with E-state index < -0.39 is 41.2 Å². The van der Waals surface area contributed by atoms with Crippen molar-refractivity contribution in [1.82, 2.24) is 0 Å². The average molecular weight is 394 g/mol. The van der Waals surface area contributed by atoms with Gasteiger partial charge in [-0.2, -0.15) is 0 Å². The number of phenolic OH excluding ortho intramolecular Hbond substituents is 3. The van der Waals surface area contributed by atoms with E-state index in [9.17, 15) is 29.7 Å². The molecule has 0 amide bonds. The molecule has 0 heterocycles. The normalized spacial score (nSPS) is 12.6. The van der Waals surface area contributed by atoms with Gasteiger partial charge in [0.1, 0.15) is 19.0 Å². The number of hydrogen-bond acceptors (Lipinski definition) is 8. The molecule has 0 saturated carbocycles. The van der Waals surface area contributed by atoms with Crippen molar-refractivity contribution >= 4 is 28.1 Å². The minimum Gasteiger partial charge on any atom is -0.504 e. The summed E-state index contributed by atoms with van der Waals surface area (Å²) in [5, 5.41) is 39.4. The molecule has 146 valence electrons. The van der Waals surface area contributed by atoms with Crippen LogP contribution in [0.1, 0.15) is 31.8 Å². The summed E-state index contributed by atoms with van der Waals surface area (Å²) in [7, 11) is 0.